The van der Waals surface area contributed by atoms with E-state index in [1.165, 1.54) is 0 Å². The Balaban J connectivity index is 1.85. The molecule has 1 saturated heterocycles. The second-order valence-corrected chi connectivity index (χ2v) is 8.20. The highest BCUT2D eigenvalue weighted by atomic mass is 35.5. The Bertz CT molecular complexity index is 863. The summed E-state index contributed by atoms with van der Waals surface area (Å²) in [6.07, 6.45) is 1.62. The van der Waals surface area contributed by atoms with Gasteiger partial charge in [0.05, 0.1) is 24.7 Å². The topological polar surface area (TPSA) is 69.5 Å². The number of quaternary nitrogens is 1. The van der Waals surface area contributed by atoms with E-state index in [0.717, 1.165) is 37.1 Å². The zero-order valence-electron chi connectivity index (χ0n) is 16.4. The first-order valence-electron chi connectivity index (χ1n) is 9.84. The molecule has 3 rings (SSSR count). The van der Waals surface area contributed by atoms with Gasteiger partial charge in [-0.3, -0.25) is 4.79 Å². The zero-order valence-corrected chi connectivity index (χ0v) is 17.2. The van der Waals surface area contributed by atoms with E-state index in [9.17, 15) is 10.1 Å². The van der Waals surface area contributed by atoms with Crippen LogP contribution in [0.15, 0.2) is 48.5 Å². The van der Waals surface area contributed by atoms with Crippen LogP contribution in [-0.4, -0.2) is 25.0 Å². The van der Waals surface area contributed by atoms with Gasteiger partial charge in [-0.2, -0.15) is 5.26 Å². The quantitative estimate of drug-likeness (QED) is 0.755. The van der Waals surface area contributed by atoms with Crippen LogP contribution in [0.5, 0.6) is 0 Å². The van der Waals surface area contributed by atoms with Crippen LogP contribution in [0, 0.1) is 16.7 Å². The minimum atomic E-state index is -0.242. The third-order valence-electron chi connectivity index (χ3n) is 6.00. The van der Waals surface area contributed by atoms with Gasteiger partial charge in [0, 0.05) is 17.0 Å². The Hall–Kier alpha value is -2.35. The van der Waals surface area contributed by atoms with Gasteiger partial charge in [0.15, 0.2) is 0 Å². The van der Waals surface area contributed by atoms with Crippen molar-refractivity contribution in [3.8, 4) is 6.07 Å². The lowest BCUT2D eigenvalue weighted by atomic mass is 9.77. The Labute approximate surface area is 171 Å². The Kier molecular flexibility index (Phi) is 6.39. The lowest BCUT2D eigenvalue weighted by Gasteiger charge is -2.38. The normalized spacial score (nSPS) is 17.1. The zero-order chi connectivity index (χ0) is 20.1. The summed E-state index contributed by atoms with van der Waals surface area (Å²) in [5.74, 6) is 0.207. The molecule has 2 aromatic carbocycles. The molecule has 1 fully saturated rings. The van der Waals surface area contributed by atoms with Crippen LogP contribution in [-0.2, 0) is 11.2 Å². The molecule has 4 nitrogen and oxygen atoms in total. The Morgan fingerprint density at radius 3 is 2.57 bits per heavy atom. The smallest absolute Gasteiger partial charge is 0.237 e. The number of hydrogen-bond donors (Lipinski definition) is 2. The molecule has 3 N–H and O–H groups in total. The van der Waals surface area contributed by atoms with Crippen LogP contribution in [0.3, 0.4) is 0 Å². The second kappa shape index (κ2) is 8.77. The van der Waals surface area contributed by atoms with Crippen LogP contribution in [0.4, 0.5) is 0 Å². The van der Waals surface area contributed by atoms with Crippen LogP contribution in [0.1, 0.15) is 42.9 Å². The number of halogens is 1. The standard InChI is InChI=1S/C23H26ClN3O/c1-3-23(14-26-15-23)22(28)27-16(2)21(12-17-7-9-20(24)10-8-17)19-6-4-5-18(11-19)13-25/h4-11,16,21,26H,3,12,14-15H2,1-2H3,(H,27,28)/p+1/t16-,21+/m0/s1. The highest BCUT2D eigenvalue weighted by Gasteiger charge is 2.47. The number of nitrogens with one attached hydrogen (secondary N) is 1. The number of rotatable bonds is 7. The largest absolute Gasteiger partial charge is 0.352 e. The third kappa shape index (κ3) is 4.38. The predicted octanol–water partition coefficient (Wildman–Crippen LogP) is 3.02. The fourth-order valence-corrected chi connectivity index (χ4v) is 4.01. The van der Waals surface area contributed by atoms with E-state index in [2.05, 4.69) is 30.6 Å². The summed E-state index contributed by atoms with van der Waals surface area (Å²) >= 11 is 6.03. The maximum absolute atomic E-state index is 12.9. The Morgan fingerprint density at radius 1 is 1.29 bits per heavy atom. The van der Waals surface area contributed by atoms with Crippen molar-refractivity contribution in [3.63, 3.8) is 0 Å². The van der Waals surface area contributed by atoms with Crippen LogP contribution < -0.4 is 10.6 Å². The van der Waals surface area contributed by atoms with Gasteiger partial charge in [-0.15, -0.1) is 0 Å². The predicted molar refractivity (Wildman–Crippen MR) is 111 cm³/mol. The number of amides is 1. The van der Waals surface area contributed by atoms with Crippen molar-refractivity contribution in [1.82, 2.24) is 5.32 Å². The fourth-order valence-electron chi connectivity index (χ4n) is 3.88. The van der Waals surface area contributed by atoms with E-state index in [1.807, 2.05) is 48.5 Å². The van der Waals surface area contributed by atoms with Gasteiger partial charge in [0.1, 0.15) is 5.41 Å². The molecule has 0 spiro atoms. The first-order valence-corrected chi connectivity index (χ1v) is 10.2. The van der Waals surface area contributed by atoms with Gasteiger partial charge in [-0.25, -0.2) is 0 Å². The molecule has 0 aromatic heterocycles. The average molecular weight is 397 g/mol. The number of nitrogens with zero attached hydrogens (tertiary/aromatic N) is 1. The first-order chi connectivity index (χ1) is 13.5. The molecule has 146 valence electrons. The van der Waals surface area contributed by atoms with Crippen molar-refractivity contribution in [3.05, 3.63) is 70.2 Å². The highest BCUT2D eigenvalue weighted by molar-refractivity contribution is 6.30. The molecule has 0 unspecified atom stereocenters. The van der Waals surface area contributed by atoms with Gasteiger partial charge in [0.2, 0.25) is 5.91 Å². The molecule has 0 bridgehead atoms. The first kappa shape index (κ1) is 20.4. The number of nitrogens with two attached hydrogens (primary N) is 1. The summed E-state index contributed by atoms with van der Waals surface area (Å²) in [5.41, 5.74) is 2.61. The molecule has 2 aromatic rings. The average Bonchev–Trinajstić information content (AvgIpc) is 2.67. The number of carbonyl (C=O) groups is 1. The van der Waals surface area contributed by atoms with E-state index in [4.69, 9.17) is 11.6 Å². The van der Waals surface area contributed by atoms with Crippen molar-refractivity contribution in [2.75, 3.05) is 13.1 Å². The minimum absolute atomic E-state index is 0.0545. The molecule has 0 saturated carbocycles. The van der Waals surface area contributed by atoms with Crippen molar-refractivity contribution >= 4 is 17.5 Å². The van der Waals surface area contributed by atoms with Crippen LogP contribution in [0.2, 0.25) is 5.02 Å². The van der Waals surface area contributed by atoms with E-state index in [1.54, 1.807) is 0 Å². The summed E-state index contributed by atoms with van der Waals surface area (Å²) in [4.78, 5) is 12.9. The van der Waals surface area contributed by atoms with E-state index >= 15 is 0 Å². The van der Waals surface area contributed by atoms with Gasteiger partial charge >= 0.3 is 0 Å². The van der Waals surface area contributed by atoms with E-state index in [-0.39, 0.29) is 23.3 Å². The SMILES string of the molecule is CCC1(C(=O)N[C@@H](C)[C@@H](Cc2ccc(Cl)cc2)c2cccc(C#N)c2)C[NH2+]C1. The lowest BCUT2D eigenvalue weighted by Crippen LogP contribution is -3.01. The van der Waals surface area contributed by atoms with Gasteiger partial charge < -0.3 is 10.6 Å². The molecule has 0 aliphatic carbocycles. The highest BCUT2D eigenvalue weighted by Crippen LogP contribution is 2.28. The van der Waals surface area contributed by atoms with Crippen molar-refractivity contribution in [2.45, 2.75) is 38.6 Å². The maximum atomic E-state index is 12.9. The minimum Gasteiger partial charge on any atom is -0.352 e. The maximum Gasteiger partial charge on any atom is 0.237 e. The molecular weight excluding hydrogens is 370 g/mol. The summed E-state index contributed by atoms with van der Waals surface area (Å²) in [6.45, 7) is 5.85. The molecule has 5 heteroatoms. The van der Waals surface area contributed by atoms with E-state index in [0.29, 0.717) is 10.6 Å². The third-order valence-corrected chi connectivity index (χ3v) is 6.26. The second-order valence-electron chi connectivity index (χ2n) is 7.77. The molecule has 2 atom stereocenters. The fraction of sp³-hybridized carbons (Fsp3) is 0.391. The van der Waals surface area contributed by atoms with Gasteiger partial charge in [-0.05, 0) is 55.2 Å². The number of carbonyl (C=O) groups excluding carboxylic acids is 1. The van der Waals surface area contributed by atoms with Crippen molar-refractivity contribution < 1.29 is 10.1 Å². The van der Waals surface area contributed by atoms with Crippen molar-refractivity contribution in [2.24, 2.45) is 5.41 Å². The summed E-state index contributed by atoms with van der Waals surface area (Å²) < 4.78 is 0. The molecular formula is C23H27ClN3O+. The molecule has 1 aliphatic heterocycles. The number of nitriles is 1. The Morgan fingerprint density at radius 2 is 2.00 bits per heavy atom. The monoisotopic (exact) mass is 396 g/mol. The van der Waals surface area contributed by atoms with Gasteiger partial charge in [-0.1, -0.05) is 42.8 Å². The molecule has 1 heterocycles. The molecule has 28 heavy (non-hydrogen) atoms. The van der Waals surface area contributed by atoms with Crippen molar-refractivity contribution in [1.29, 1.82) is 5.26 Å². The molecule has 1 amide bonds. The van der Waals surface area contributed by atoms with Gasteiger partial charge in [0.25, 0.3) is 0 Å². The van der Waals surface area contributed by atoms with Crippen LogP contribution >= 0.6 is 11.6 Å². The van der Waals surface area contributed by atoms with E-state index < -0.39 is 0 Å². The summed E-state index contributed by atoms with van der Waals surface area (Å²) in [5, 5.41) is 15.4. The lowest BCUT2D eigenvalue weighted by molar-refractivity contribution is -0.734. The van der Waals surface area contributed by atoms with Crippen LogP contribution in [0.25, 0.3) is 0 Å². The molecule has 0 radical (unpaired) electrons. The number of benzene rings is 2. The summed E-state index contributed by atoms with van der Waals surface area (Å²) in [7, 11) is 0. The number of hydrogen-bond acceptors (Lipinski definition) is 2. The summed E-state index contributed by atoms with van der Waals surface area (Å²) in [6, 6.07) is 17.7. The molecule has 1 aliphatic rings.